The maximum atomic E-state index is 13.2. The molecule has 5 heteroatoms. The predicted octanol–water partition coefficient (Wildman–Crippen LogP) is 7.15. The van der Waals surface area contributed by atoms with Crippen LogP contribution in [0.15, 0.2) is 59.0 Å². The summed E-state index contributed by atoms with van der Waals surface area (Å²) in [5.74, 6) is 0.0895. The molecule has 1 aromatic heterocycles. The van der Waals surface area contributed by atoms with Crippen LogP contribution in [0.25, 0.3) is 0 Å². The smallest absolute Gasteiger partial charge is 0.287 e. The van der Waals surface area contributed by atoms with E-state index in [4.69, 9.17) is 13.9 Å². The Balaban J connectivity index is 1.33. The number of ether oxygens (including phenoxy) is 2. The second kappa shape index (κ2) is 9.69. The molecule has 0 saturated carbocycles. The number of fused-ring (bicyclic) bond motifs is 1. The molecule has 0 radical (unpaired) electrons. The van der Waals surface area contributed by atoms with Crippen LogP contribution in [-0.4, -0.2) is 24.3 Å². The Morgan fingerprint density at radius 2 is 1.58 bits per heavy atom. The van der Waals surface area contributed by atoms with Crippen molar-refractivity contribution in [2.24, 2.45) is 0 Å². The number of furan rings is 1. The third-order valence-corrected chi connectivity index (χ3v) is 8.39. The Morgan fingerprint density at radius 1 is 0.921 bits per heavy atom. The molecule has 1 saturated heterocycles. The molecule has 1 amide bonds. The monoisotopic (exact) mass is 515 g/mol. The molecular weight excluding hydrogens is 474 g/mol. The molecular formula is C33H41NO4. The van der Waals surface area contributed by atoms with Crippen LogP contribution in [0, 0.1) is 6.92 Å². The van der Waals surface area contributed by atoms with Gasteiger partial charge in [0.25, 0.3) is 5.91 Å². The lowest BCUT2D eigenvalue weighted by molar-refractivity contribution is -0.284. The SMILES string of the molecule is Cc1cc2c(cc1Cc1ccc(C(=O)NC3COC(C)(C)O[C@H]3c3ccccc3)o1)C(C)(C)CCC2(C)C. The van der Waals surface area contributed by atoms with Crippen molar-refractivity contribution in [3.8, 4) is 0 Å². The summed E-state index contributed by atoms with van der Waals surface area (Å²) in [5, 5.41) is 3.09. The first-order valence-electron chi connectivity index (χ1n) is 13.8. The summed E-state index contributed by atoms with van der Waals surface area (Å²) in [5.41, 5.74) is 6.74. The molecule has 1 fully saturated rings. The molecule has 38 heavy (non-hydrogen) atoms. The van der Waals surface area contributed by atoms with E-state index in [0.29, 0.717) is 18.8 Å². The Hall–Kier alpha value is -2.89. The molecule has 202 valence electrons. The summed E-state index contributed by atoms with van der Waals surface area (Å²) >= 11 is 0. The second-order valence-corrected chi connectivity index (χ2v) is 12.8. The summed E-state index contributed by atoms with van der Waals surface area (Å²) in [6.45, 7) is 15.7. The van der Waals surface area contributed by atoms with Crippen molar-refractivity contribution in [3.63, 3.8) is 0 Å². The van der Waals surface area contributed by atoms with Gasteiger partial charge in [0.2, 0.25) is 0 Å². The first-order chi connectivity index (χ1) is 17.8. The largest absolute Gasteiger partial charge is 0.456 e. The fourth-order valence-corrected chi connectivity index (χ4v) is 5.84. The lowest BCUT2D eigenvalue weighted by Crippen LogP contribution is -2.51. The molecule has 2 heterocycles. The molecule has 0 bridgehead atoms. The molecule has 5 rings (SSSR count). The molecule has 1 N–H and O–H groups in total. The normalized spacial score (nSPS) is 23.4. The van der Waals surface area contributed by atoms with Crippen molar-refractivity contribution in [3.05, 3.63) is 93.9 Å². The first kappa shape index (κ1) is 26.7. The van der Waals surface area contributed by atoms with Gasteiger partial charge < -0.3 is 19.2 Å². The molecule has 2 aliphatic rings. The van der Waals surface area contributed by atoms with Gasteiger partial charge in [0, 0.05) is 6.42 Å². The van der Waals surface area contributed by atoms with Crippen LogP contribution in [0.5, 0.6) is 0 Å². The minimum atomic E-state index is -0.726. The minimum absolute atomic E-state index is 0.148. The topological polar surface area (TPSA) is 60.7 Å². The molecule has 1 aliphatic carbocycles. The zero-order valence-corrected chi connectivity index (χ0v) is 23.8. The predicted molar refractivity (Wildman–Crippen MR) is 150 cm³/mol. The van der Waals surface area contributed by atoms with Gasteiger partial charge >= 0.3 is 0 Å². The fraction of sp³-hybridized carbons (Fsp3) is 0.485. The number of benzene rings is 2. The van der Waals surface area contributed by atoms with Crippen molar-refractivity contribution < 1.29 is 18.7 Å². The van der Waals surface area contributed by atoms with Crippen LogP contribution < -0.4 is 5.32 Å². The number of aryl methyl sites for hydroxylation is 1. The van der Waals surface area contributed by atoms with E-state index < -0.39 is 5.79 Å². The van der Waals surface area contributed by atoms with Crippen molar-refractivity contribution >= 4 is 5.91 Å². The highest BCUT2D eigenvalue weighted by Gasteiger charge is 2.39. The van der Waals surface area contributed by atoms with E-state index in [2.05, 4.69) is 52.1 Å². The van der Waals surface area contributed by atoms with Gasteiger partial charge in [-0.05, 0) is 84.4 Å². The number of amides is 1. The Kier molecular flexibility index (Phi) is 6.81. The molecule has 1 unspecified atom stereocenters. The highest BCUT2D eigenvalue weighted by molar-refractivity contribution is 5.91. The summed E-state index contributed by atoms with van der Waals surface area (Å²) in [4.78, 5) is 13.2. The van der Waals surface area contributed by atoms with E-state index in [0.717, 1.165) is 11.3 Å². The highest BCUT2D eigenvalue weighted by Crippen LogP contribution is 2.46. The Morgan fingerprint density at radius 3 is 2.26 bits per heavy atom. The van der Waals surface area contributed by atoms with Crippen LogP contribution in [0.4, 0.5) is 0 Å². The third-order valence-electron chi connectivity index (χ3n) is 8.39. The van der Waals surface area contributed by atoms with Gasteiger partial charge in [0.1, 0.15) is 11.9 Å². The number of carbonyl (C=O) groups is 1. The van der Waals surface area contributed by atoms with Crippen molar-refractivity contribution in [2.45, 2.75) is 96.5 Å². The molecule has 3 aromatic rings. The van der Waals surface area contributed by atoms with E-state index in [1.165, 1.54) is 35.1 Å². The molecule has 5 nitrogen and oxygen atoms in total. The van der Waals surface area contributed by atoms with Gasteiger partial charge in [-0.15, -0.1) is 0 Å². The number of hydrogen-bond acceptors (Lipinski definition) is 4. The zero-order chi connectivity index (χ0) is 27.3. The number of hydrogen-bond donors (Lipinski definition) is 1. The Labute approximate surface area is 226 Å². The number of rotatable bonds is 5. The molecule has 1 aliphatic heterocycles. The van der Waals surface area contributed by atoms with Gasteiger partial charge in [-0.25, -0.2) is 0 Å². The minimum Gasteiger partial charge on any atom is -0.456 e. The fourth-order valence-electron chi connectivity index (χ4n) is 5.84. The lowest BCUT2D eigenvalue weighted by Gasteiger charge is -2.42. The molecule has 2 aromatic carbocycles. The maximum absolute atomic E-state index is 13.2. The van der Waals surface area contributed by atoms with Gasteiger partial charge in [0.15, 0.2) is 11.5 Å². The van der Waals surface area contributed by atoms with Crippen molar-refractivity contribution in [2.75, 3.05) is 6.61 Å². The lowest BCUT2D eigenvalue weighted by atomic mass is 9.62. The molecule has 2 atom stereocenters. The maximum Gasteiger partial charge on any atom is 0.287 e. The average molecular weight is 516 g/mol. The van der Waals surface area contributed by atoms with Gasteiger partial charge in [-0.1, -0.05) is 70.2 Å². The van der Waals surface area contributed by atoms with Crippen LogP contribution in [-0.2, 0) is 26.7 Å². The Bertz CT molecular complexity index is 1320. The van der Waals surface area contributed by atoms with Crippen LogP contribution in [0.3, 0.4) is 0 Å². The molecule has 0 spiro atoms. The third kappa shape index (κ3) is 5.32. The van der Waals surface area contributed by atoms with E-state index in [-0.39, 0.29) is 28.9 Å². The van der Waals surface area contributed by atoms with Crippen molar-refractivity contribution in [1.29, 1.82) is 0 Å². The summed E-state index contributed by atoms with van der Waals surface area (Å²) in [6.07, 6.45) is 2.71. The zero-order valence-electron chi connectivity index (χ0n) is 23.8. The second-order valence-electron chi connectivity index (χ2n) is 12.8. The van der Waals surface area contributed by atoms with Gasteiger partial charge in [-0.3, -0.25) is 4.79 Å². The standard InChI is InChI=1S/C33H41NO4/c1-21-17-25-26(32(4,5)16-15-31(25,2)3)19-23(21)18-24-13-14-28(37-24)30(35)34-27-20-36-33(6,7)38-29(27)22-11-9-8-10-12-22/h8-14,17,19,27,29H,15-16,18,20H2,1-7H3,(H,34,35)/t27?,29-/m0/s1. The highest BCUT2D eigenvalue weighted by atomic mass is 16.7. The van der Waals surface area contributed by atoms with Gasteiger partial charge in [-0.2, -0.15) is 0 Å². The van der Waals surface area contributed by atoms with Gasteiger partial charge in [0.05, 0.1) is 12.6 Å². The van der Waals surface area contributed by atoms with E-state index in [1.807, 2.05) is 50.2 Å². The van der Waals surface area contributed by atoms with E-state index in [9.17, 15) is 4.79 Å². The quantitative estimate of drug-likeness (QED) is 0.392. The summed E-state index contributed by atoms with van der Waals surface area (Å²) in [6, 6.07) is 18.0. The first-order valence-corrected chi connectivity index (χ1v) is 13.8. The number of nitrogens with one attached hydrogen (secondary N) is 1. The average Bonchev–Trinajstić information content (AvgIpc) is 3.33. The van der Waals surface area contributed by atoms with Crippen molar-refractivity contribution in [1.82, 2.24) is 5.32 Å². The van der Waals surface area contributed by atoms with Crippen LogP contribution in [0.1, 0.15) is 105 Å². The van der Waals surface area contributed by atoms with E-state index in [1.54, 1.807) is 6.07 Å². The van der Waals surface area contributed by atoms with E-state index >= 15 is 0 Å². The number of carbonyl (C=O) groups excluding carboxylic acids is 1. The summed E-state index contributed by atoms with van der Waals surface area (Å²) in [7, 11) is 0. The van der Waals surface area contributed by atoms with Crippen LogP contribution in [0.2, 0.25) is 0 Å². The van der Waals surface area contributed by atoms with Crippen LogP contribution >= 0.6 is 0 Å². The summed E-state index contributed by atoms with van der Waals surface area (Å²) < 4.78 is 18.2.